The minimum absolute atomic E-state index is 0.256. The Hall–Kier alpha value is -2.41. The number of para-hydroxylation sites is 1. The van der Waals surface area contributed by atoms with Crippen molar-refractivity contribution in [2.45, 2.75) is 26.4 Å². The van der Waals surface area contributed by atoms with Gasteiger partial charge in [-0.25, -0.2) is 4.79 Å². The Morgan fingerprint density at radius 2 is 2.15 bits per heavy atom. The van der Waals surface area contributed by atoms with E-state index in [0.29, 0.717) is 0 Å². The molecule has 1 aromatic carbocycles. The molecule has 4 nitrogen and oxygen atoms in total. The predicted molar refractivity (Wildman–Crippen MR) is 79.4 cm³/mol. The van der Waals surface area contributed by atoms with Gasteiger partial charge in [0.25, 0.3) is 0 Å². The van der Waals surface area contributed by atoms with Gasteiger partial charge in [0.1, 0.15) is 5.60 Å². The second kappa shape index (κ2) is 5.70. The summed E-state index contributed by atoms with van der Waals surface area (Å²) in [5.41, 5.74) is 1.43. The van der Waals surface area contributed by atoms with E-state index in [9.17, 15) is 4.79 Å². The molecule has 1 aromatic heterocycles. The number of rotatable bonds is 1. The lowest BCUT2D eigenvalue weighted by molar-refractivity contribution is 0.0535. The Kier molecular flexibility index (Phi) is 3.99. The fourth-order valence-corrected chi connectivity index (χ4v) is 1.76. The number of aromatic nitrogens is 1. The maximum Gasteiger partial charge on any atom is 0.408 e. The molecule has 0 unspecified atom stereocenters. The van der Waals surface area contributed by atoms with Gasteiger partial charge in [-0.1, -0.05) is 24.0 Å². The Bertz CT molecular complexity index is 669. The number of alkyl carbamates (subject to hydrolysis) is 1. The van der Waals surface area contributed by atoms with Crippen LogP contribution in [-0.4, -0.2) is 23.2 Å². The monoisotopic (exact) mass is 270 g/mol. The molecule has 0 radical (unpaired) electrons. The minimum Gasteiger partial charge on any atom is -0.444 e. The molecule has 2 N–H and O–H groups in total. The molecular formula is C16H18N2O2. The second-order valence-corrected chi connectivity index (χ2v) is 5.40. The summed E-state index contributed by atoms with van der Waals surface area (Å²) in [5, 5.41) is 3.73. The lowest BCUT2D eigenvalue weighted by atomic mass is 10.1. The SMILES string of the molecule is CC(C)(C)OC(=O)NCC#Cc1cccc2cc[nH]c12. The van der Waals surface area contributed by atoms with E-state index in [1.54, 1.807) is 0 Å². The van der Waals surface area contributed by atoms with Crippen molar-refractivity contribution in [3.05, 3.63) is 36.0 Å². The van der Waals surface area contributed by atoms with Crippen molar-refractivity contribution in [1.82, 2.24) is 10.3 Å². The van der Waals surface area contributed by atoms with Crippen LogP contribution in [0.15, 0.2) is 30.5 Å². The van der Waals surface area contributed by atoms with E-state index in [1.165, 1.54) is 0 Å². The zero-order valence-electron chi connectivity index (χ0n) is 11.9. The van der Waals surface area contributed by atoms with Gasteiger partial charge >= 0.3 is 6.09 Å². The number of nitrogens with one attached hydrogen (secondary N) is 2. The lowest BCUT2D eigenvalue weighted by Gasteiger charge is -2.18. The molecule has 0 aliphatic rings. The molecule has 0 fully saturated rings. The number of ether oxygens (including phenoxy) is 1. The number of amides is 1. The standard InChI is InChI=1S/C16H18N2O2/c1-16(2,3)20-15(19)18-10-5-8-12-6-4-7-13-9-11-17-14(12)13/h4,6-7,9,11,17H,10H2,1-3H3,(H,18,19). The van der Waals surface area contributed by atoms with E-state index in [4.69, 9.17) is 4.74 Å². The van der Waals surface area contributed by atoms with Gasteiger partial charge in [0, 0.05) is 17.1 Å². The summed E-state index contributed by atoms with van der Waals surface area (Å²) in [5.74, 6) is 5.96. The summed E-state index contributed by atoms with van der Waals surface area (Å²) in [6, 6.07) is 7.93. The molecule has 0 saturated carbocycles. The van der Waals surface area contributed by atoms with Crippen molar-refractivity contribution in [2.75, 3.05) is 6.54 Å². The molecule has 2 rings (SSSR count). The maximum absolute atomic E-state index is 11.4. The minimum atomic E-state index is -0.493. The summed E-state index contributed by atoms with van der Waals surface area (Å²) >= 11 is 0. The van der Waals surface area contributed by atoms with Crippen LogP contribution in [0.5, 0.6) is 0 Å². The number of H-pyrrole nitrogens is 1. The molecule has 1 heterocycles. The van der Waals surface area contributed by atoms with E-state index < -0.39 is 11.7 Å². The highest BCUT2D eigenvalue weighted by molar-refractivity contribution is 5.85. The van der Waals surface area contributed by atoms with E-state index in [0.717, 1.165) is 16.5 Å². The largest absolute Gasteiger partial charge is 0.444 e. The fourth-order valence-electron chi connectivity index (χ4n) is 1.76. The number of hydrogen-bond donors (Lipinski definition) is 2. The zero-order chi connectivity index (χ0) is 14.6. The molecular weight excluding hydrogens is 252 g/mol. The topological polar surface area (TPSA) is 54.1 Å². The van der Waals surface area contributed by atoms with Gasteiger partial charge < -0.3 is 15.0 Å². The van der Waals surface area contributed by atoms with Crippen LogP contribution in [0, 0.1) is 11.8 Å². The molecule has 0 aliphatic heterocycles. The molecule has 4 heteroatoms. The van der Waals surface area contributed by atoms with Crippen molar-refractivity contribution >= 4 is 17.0 Å². The van der Waals surface area contributed by atoms with Crippen LogP contribution >= 0.6 is 0 Å². The first-order chi connectivity index (χ1) is 9.46. The van der Waals surface area contributed by atoms with Crippen LogP contribution in [0.3, 0.4) is 0 Å². The highest BCUT2D eigenvalue weighted by atomic mass is 16.6. The summed E-state index contributed by atoms with van der Waals surface area (Å²) in [6.07, 6.45) is 1.43. The fraction of sp³-hybridized carbons (Fsp3) is 0.312. The highest BCUT2D eigenvalue weighted by Gasteiger charge is 2.14. The number of carbonyl (C=O) groups is 1. The van der Waals surface area contributed by atoms with Gasteiger partial charge in [-0.15, -0.1) is 0 Å². The maximum atomic E-state index is 11.4. The van der Waals surface area contributed by atoms with Gasteiger partial charge in [-0.3, -0.25) is 0 Å². The van der Waals surface area contributed by atoms with E-state index >= 15 is 0 Å². The van der Waals surface area contributed by atoms with Crippen molar-refractivity contribution in [2.24, 2.45) is 0 Å². The molecule has 0 atom stereocenters. The third-order valence-electron chi connectivity index (χ3n) is 2.53. The van der Waals surface area contributed by atoms with E-state index in [-0.39, 0.29) is 6.54 Å². The quantitative estimate of drug-likeness (QED) is 0.782. The molecule has 20 heavy (non-hydrogen) atoms. The number of fused-ring (bicyclic) bond motifs is 1. The Morgan fingerprint density at radius 1 is 1.35 bits per heavy atom. The lowest BCUT2D eigenvalue weighted by Crippen LogP contribution is -2.32. The molecule has 0 aliphatic carbocycles. The summed E-state index contributed by atoms with van der Waals surface area (Å²) in [4.78, 5) is 14.6. The third-order valence-corrected chi connectivity index (χ3v) is 2.53. The number of aromatic amines is 1. The predicted octanol–water partition coefficient (Wildman–Crippen LogP) is 3.04. The average molecular weight is 270 g/mol. The van der Waals surface area contributed by atoms with Gasteiger partial charge in [0.15, 0.2) is 0 Å². The number of hydrogen-bond acceptors (Lipinski definition) is 2. The van der Waals surface area contributed by atoms with Crippen LogP contribution in [-0.2, 0) is 4.74 Å². The van der Waals surface area contributed by atoms with E-state index in [2.05, 4.69) is 22.1 Å². The molecule has 0 spiro atoms. The van der Waals surface area contributed by atoms with E-state index in [1.807, 2.05) is 51.2 Å². The van der Waals surface area contributed by atoms with Crippen molar-refractivity contribution in [3.8, 4) is 11.8 Å². The van der Waals surface area contributed by atoms with Gasteiger partial charge in [-0.05, 0) is 32.9 Å². The van der Waals surface area contributed by atoms with Crippen LogP contribution in [0.4, 0.5) is 4.79 Å². The van der Waals surface area contributed by atoms with Crippen molar-refractivity contribution in [1.29, 1.82) is 0 Å². The summed E-state index contributed by atoms with van der Waals surface area (Å²) in [6.45, 7) is 5.73. The molecule has 104 valence electrons. The van der Waals surface area contributed by atoms with Gasteiger partial charge in [-0.2, -0.15) is 0 Å². The molecule has 0 bridgehead atoms. The van der Waals surface area contributed by atoms with Crippen LogP contribution in [0.25, 0.3) is 10.9 Å². The Balaban J connectivity index is 1.95. The van der Waals surface area contributed by atoms with Crippen molar-refractivity contribution in [3.63, 3.8) is 0 Å². The van der Waals surface area contributed by atoms with Gasteiger partial charge in [0.05, 0.1) is 12.1 Å². The zero-order valence-corrected chi connectivity index (χ0v) is 11.9. The first-order valence-corrected chi connectivity index (χ1v) is 6.47. The smallest absolute Gasteiger partial charge is 0.408 e. The second-order valence-electron chi connectivity index (χ2n) is 5.40. The van der Waals surface area contributed by atoms with Crippen LogP contribution in [0.2, 0.25) is 0 Å². The van der Waals surface area contributed by atoms with Crippen molar-refractivity contribution < 1.29 is 9.53 Å². The third kappa shape index (κ3) is 3.79. The normalized spacial score (nSPS) is 10.8. The van der Waals surface area contributed by atoms with Gasteiger partial charge in [0.2, 0.25) is 0 Å². The summed E-state index contributed by atoms with van der Waals surface area (Å²) in [7, 11) is 0. The Morgan fingerprint density at radius 3 is 2.90 bits per heavy atom. The van der Waals surface area contributed by atoms with Crippen LogP contribution in [0.1, 0.15) is 26.3 Å². The summed E-state index contributed by atoms with van der Waals surface area (Å²) < 4.78 is 5.12. The Labute approximate surface area is 118 Å². The first-order valence-electron chi connectivity index (χ1n) is 6.47. The number of benzene rings is 1. The number of carbonyl (C=O) groups excluding carboxylic acids is 1. The molecule has 0 saturated heterocycles. The molecule has 2 aromatic rings. The highest BCUT2D eigenvalue weighted by Crippen LogP contribution is 2.15. The molecule has 1 amide bonds. The van der Waals surface area contributed by atoms with Crippen LogP contribution < -0.4 is 5.32 Å². The first kappa shape index (κ1) is 14.0. The average Bonchev–Trinajstić information content (AvgIpc) is 2.81.